The van der Waals surface area contributed by atoms with Crippen molar-refractivity contribution >= 4 is 23.5 Å². The Morgan fingerprint density at radius 2 is 1.91 bits per heavy atom. The first-order chi connectivity index (χ1) is 15.4. The Bertz CT molecular complexity index is 1030. The lowest BCUT2D eigenvalue weighted by molar-refractivity contribution is -0.127. The van der Waals surface area contributed by atoms with E-state index in [1.54, 1.807) is 35.8 Å². The molecular formula is C23H28N4O5. The summed E-state index contributed by atoms with van der Waals surface area (Å²) in [6.07, 6.45) is 5.44. The maximum atomic E-state index is 13.7. The van der Waals surface area contributed by atoms with Crippen molar-refractivity contribution in [1.82, 2.24) is 14.9 Å². The molecule has 1 aromatic heterocycles. The number of hydrogen-bond donors (Lipinski definition) is 1. The van der Waals surface area contributed by atoms with E-state index in [4.69, 9.17) is 9.47 Å². The van der Waals surface area contributed by atoms with Gasteiger partial charge in [0.1, 0.15) is 17.0 Å². The molecule has 1 aromatic carbocycles. The van der Waals surface area contributed by atoms with Gasteiger partial charge in [0, 0.05) is 11.7 Å². The molecule has 170 valence electrons. The minimum absolute atomic E-state index is 0.0633. The number of rotatable bonds is 6. The molecule has 9 nitrogen and oxygen atoms in total. The standard InChI is InChI=1S/C23H28N4O5/c1-4-32-17-11-9-16(10-12-17)27-20(28)19-18(21(29)31-3)24-14-26(19)13-23(27,2)22(30)25-15-7-5-6-8-15/h9-12,14-15H,4-8,13H2,1-3H3,(H,25,30)/t23-/m1/s1. The summed E-state index contributed by atoms with van der Waals surface area (Å²) < 4.78 is 11.9. The number of ether oxygens (including phenoxy) is 2. The van der Waals surface area contributed by atoms with E-state index >= 15 is 0 Å². The number of benzene rings is 1. The number of esters is 1. The smallest absolute Gasteiger partial charge is 0.359 e. The van der Waals surface area contributed by atoms with Gasteiger partial charge in [0.05, 0.1) is 26.6 Å². The van der Waals surface area contributed by atoms with E-state index < -0.39 is 17.4 Å². The largest absolute Gasteiger partial charge is 0.494 e. The lowest BCUT2D eigenvalue weighted by atomic mass is 9.92. The maximum Gasteiger partial charge on any atom is 0.359 e. The van der Waals surface area contributed by atoms with Gasteiger partial charge >= 0.3 is 5.97 Å². The van der Waals surface area contributed by atoms with Crippen LogP contribution in [0.15, 0.2) is 30.6 Å². The van der Waals surface area contributed by atoms with Gasteiger partial charge in [-0.05, 0) is 51.0 Å². The summed E-state index contributed by atoms with van der Waals surface area (Å²) in [6.45, 7) is 4.31. The molecule has 2 amide bonds. The first kappa shape index (κ1) is 21.9. The van der Waals surface area contributed by atoms with E-state index in [1.165, 1.54) is 18.3 Å². The van der Waals surface area contributed by atoms with Crippen LogP contribution < -0.4 is 15.0 Å². The molecule has 0 unspecified atom stereocenters. The first-order valence-corrected chi connectivity index (χ1v) is 10.9. The van der Waals surface area contributed by atoms with Crippen LogP contribution in [0.4, 0.5) is 5.69 Å². The predicted molar refractivity (Wildman–Crippen MR) is 117 cm³/mol. The van der Waals surface area contributed by atoms with Crippen molar-refractivity contribution in [2.75, 3.05) is 18.6 Å². The average Bonchev–Trinajstić information content (AvgIpc) is 3.44. The number of anilines is 1. The fraction of sp³-hybridized carbons (Fsp3) is 0.478. The SMILES string of the molecule is CCOc1ccc(N2C(=O)c3c(C(=O)OC)ncn3C[C@]2(C)C(=O)NC2CCCC2)cc1. The van der Waals surface area contributed by atoms with Crippen molar-refractivity contribution in [3.05, 3.63) is 42.0 Å². The van der Waals surface area contributed by atoms with Gasteiger partial charge in [-0.15, -0.1) is 0 Å². The summed E-state index contributed by atoms with van der Waals surface area (Å²) in [5.41, 5.74) is -0.636. The fourth-order valence-corrected chi connectivity index (χ4v) is 4.55. The fourth-order valence-electron chi connectivity index (χ4n) is 4.55. The second-order valence-corrected chi connectivity index (χ2v) is 8.36. The normalized spacial score (nSPS) is 20.7. The highest BCUT2D eigenvalue weighted by Gasteiger charge is 2.50. The van der Waals surface area contributed by atoms with E-state index in [0.717, 1.165) is 25.7 Å². The highest BCUT2D eigenvalue weighted by molar-refractivity contribution is 6.15. The number of imidazole rings is 1. The van der Waals surface area contributed by atoms with Crippen LogP contribution in [0.3, 0.4) is 0 Å². The first-order valence-electron chi connectivity index (χ1n) is 10.9. The molecule has 1 aliphatic heterocycles. The Labute approximate surface area is 186 Å². The molecule has 0 spiro atoms. The van der Waals surface area contributed by atoms with Gasteiger partial charge in [-0.2, -0.15) is 0 Å². The van der Waals surface area contributed by atoms with Gasteiger partial charge < -0.3 is 19.4 Å². The lowest BCUT2D eigenvalue weighted by Crippen LogP contribution is -2.65. The molecule has 9 heteroatoms. The molecule has 0 bridgehead atoms. The van der Waals surface area contributed by atoms with Crippen molar-refractivity contribution in [2.24, 2.45) is 0 Å². The summed E-state index contributed by atoms with van der Waals surface area (Å²) >= 11 is 0. The van der Waals surface area contributed by atoms with Crippen LogP contribution in [0.25, 0.3) is 0 Å². The van der Waals surface area contributed by atoms with Crippen LogP contribution in [0.1, 0.15) is 60.5 Å². The molecule has 0 radical (unpaired) electrons. The average molecular weight is 441 g/mol. The van der Waals surface area contributed by atoms with E-state index in [0.29, 0.717) is 18.0 Å². The van der Waals surface area contributed by atoms with Crippen molar-refractivity contribution in [2.45, 2.75) is 57.7 Å². The Morgan fingerprint density at radius 3 is 2.53 bits per heavy atom. The van der Waals surface area contributed by atoms with Gasteiger partial charge in [-0.1, -0.05) is 12.8 Å². The zero-order valence-corrected chi connectivity index (χ0v) is 18.6. The summed E-state index contributed by atoms with van der Waals surface area (Å²) in [5.74, 6) is -0.746. The van der Waals surface area contributed by atoms with Crippen LogP contribution in [-0.2, 0) is 16.1 Å². The van der Waals surface area contributed by atoms with Crippen LogP contribution in [0, 0.1) is 0 Å². The number of nitrogens with zero attached hydrogens (tertiary/aromatic N) is 3. The molecule has 0 saturated heterocycles. The van der Waals surface area contributed by atoms with Gasteiger partial charge in [-0.3, -0.25) is 14.5 Å². The zero-order chi connectivity index (χ0) is 22.9. The zero-order valence-electron chi connectivity index (χ0n) is 18.6. The third kappa shape index (κ3) is 3.72. The number of hydrogen-bond acceptors (Lipinski definition) is 6. The van der Waals surface area contributed by atoms with Crippen molar-refractivity contribution in [3.8, 4) is 5.75 Å². The van der Waals surface area contributed by atoms with Crippen LogP contribution in [0.2, 0.25) is 0 Å². The third-order valence-electron chi connectivity index (χ3n) is 6.18. The Hall–Kier alpha value is -3.36. The number of carbonyl (C=O) groups is 3. The van der Waals surface area contributed by atoms with Gasteiger partial charge in [-0.25, -0.2) is 9.78 Å². The number of amides is 2. The number of fused-ring (bicyclic) bond motifs is 1. The van der Waals surface area contributed by atoms with Crippen molar-refractivity contribution < 1.29 is 23.9 Å². The van der Waals surface area contributed by atoms with Crippen LogP contribution in [-0.4, -0.2) is 52.6 Å². The highest BCUT2D eigenvalue weighted by atomic mass is 16.5. The van der Waals surface area contributed by atoms with E-state index in [1.807, 2.05) is 6.92 Å². The number of aromatic nitrogens is 2. The molecular weight excluding hydrogens is 412 g/mol. The third-order valence-corrected chi connectivity index (χ3v) is 6.18. The molecule has 1 saturated carbocycles. The van der Waals surface area contributed by atoms with Crippen LogP contribution in [0.5, 0.6) is 5.75 Å². The maximum absolute atomic E-state index is 13.7. The Morgan fingerprint density at radius 1 is 1.22 bits per heavy atom. The second kappa shape index (κ2) is 8.64. The second-order valence-electron chi connectivity index (χ2n) is 8.36. The molecule has 2 heterocycles. The molecule has 1 atom stereocenters. The molecule has 1 fully saturated rings. The Kier molecular flexibility index (Phi) is 5.90. The summed E-state index contributed by atoms with van der Waals surface area (Å²) in [7, 11) is 1.24. The molecule has 4 rings (SSSR count). The van der Waals surface area contributed by atoms with Gasteiger partial charge in [0.25, 0.3) is 5.91 Å². The monoisotopic (exact) mass is 440 g/mol. The summed E-state index contributed by atoms with van der Waals surface area (Å²) in [4.78, 5) is 45.0. The van der Waals surface area contributed by atoms with E-state index in [-0.39, 0.29) is 29.9 Å². The summed E-state index contributed by atoms with van der Waals surface area (Å²) in [6, 6.07) is 7.11. The Balaban J connectivity index is 1.77. The van der Waals surface area contributed by atoms with E-state index in [2.05, 4.69) is 10.3 Å². The number of carbonyl (C=O) groups excluding carboxylic acids is 3. The highest BCUT2D eigenvalue weighted by Crippen LogP contribution is 2.35. The van der Waals surface area contributed by atoms with Gasteiger partial charge in [0.15, 0.2) is 5.69 Å². The van der Waals surface area contributed by atoms with Gasteiger partial charge in [0.2, 0.25) is 5.91 Å². The number of methoxy groups -OCH3 is 1. The molecule has 1 aliphatic carbocycles. The minimum atomic E-state index is -1.21. The predicted octanol–water partition coefficient (Wildman–Crippen LogP) is 2.55. The molecule has 32 heavy (non-hydrogen) atoms. The minimum Gasteiger partial charge on any atom is -0.494 e. The quantitative estimate of drug-likeness (QED) is 0.693. The number of nitrogens with one attached hydrogen (secondary N) is 1. The molecule has 2 aliphatic rings. The molecule has 2 aromatic rings. The topological polar surface area (TPSA) is 103 Å². The lowest BCUT2D eigenvalue weighted by Gasteiger charge is -2.44. The van der Waals surface area contributed by atoms with Crippen LogP contribution >= 0.6 is 0 Å². The van der Waals surface area contributed by atoms with E-state index in [9.17, 15) is 14.4 Å². The summed E-state index contributed by atoms with van der Waals surface area (Å²) in [5, 5.41) is 3.13. The van der Waals surface area contributed by atoms with Crippen molar-refractivity contribution in [3.63, 3.8) is 0 Å². The molecule has 1 N–H and O–H groups in total. The van der Waals surface area contributed by atoms with Crippen molar-refractivity contribution in [1.29, 1.82) is 0 Å².